The number of hydrogen-bond acceptors (Lipinski definition) is 1. The van der Waals surface area contributed by atoms with E-state index in [0.717, 1.165) is 12.0 Å². The van der Waals surface area contributed by atoms with E-state index in [9.17, 15) is 4.79 Å². The summed E-state index contributed by atoms with van der Waals surface area (Å²) in [6, 6.07) is 0. The Bertz CT molecular complexity index is 255. The number of allylic oxidation sites excluding steroid dienone is 5. The van der Waals surface area contributed by atoms with Crippen LogP contribution in [-0.2, 0) is 21.9 Å². The number of rotatable bonds is 1. The van der Waals surface area contributed by atoms with Gasteiger partial charge in [-0.15, -0.1) is 0 Å². The molecule has 1 aliphatic carbocycles. The summed E-state index contributed by atoms with van der Waals surface area (Å²) in [7, 11) is 0. The first kappa shape index (κ1) is 10.4. The van der Waals surface area contributed by atoms with Gasteiger partial charge in [-0.25, -0.2) is 4.79 Å². The SMILES string of the molecule is CCC1=C(C)C(=C=O)C=C1.[Mn]. The van der Waals surface area contributed by atoms with Crippen molar-refractivity contribution in [3.63, 3.8) is 0 Å². The fourth-order valence-corrected chi connectivity index (χ4v) is 1.10. The van der Waals surface area contributed by atoms with Crippen molar-refractivity contribution in [1.82, 2.24) is 0 Å². The van der Waals surface area contributed by atoms with Crippen molar-refractivity contribution in [1.29, 1.82) is 0 Å². The van der Waals surface area contributed by atoms with Gasteiger partial charge in [-0.3, -0.25) is 0 Å². The molecule has 1 rings (SSSR count). The van der Waals surface area contributed by atoms with E-state index in [1.165, 1.54) is 5.57 Å². The van der Waals surface area contributed by atoms with Crippen LogP contribution >= 0.6 is 0 Å². The van der Waals surface area contributed by atoms with Crippen LogP contribution in [0.5, 0.6) is 0 Å². The van der Waals surface area contributed by atoms with Crippen molar-refractivity contribution in [2.45, 2.75) is 20.3 Å². The molecule has 1 nitrogen and oxygen atoms in total. The van der Waals surface area contributed by atoms with Crippen molar-refractivity contribution < 1.29 is 21.9 Å². The van der Waals surface area contributed by atoms with E-state index in [0.29, 0.717) is 5.57 Å². The van der Waals surface area contributed by atoms with Crippen LogP contribution in [0.1, 0.15) is 20.3 Å². The molecule has 0 spiro atoms. The maximum absolute atomic E-state index is 10.2. The third-order valence-corrected chi connectivity index (χ3v) is 1.83. The van der Waals surface area contributed by atoms with Crippen LogP contribution in [0, 0.1) is 0 Å². The van der Waals surface area contributed by atoms with Gasteiger partial charge in [0.25, 0.3) is 0 Å². The summed E-state index contributed by atoms with van der Waals surface area (Å²) >= 11 is 0. The zero-order valence-corrected chi connectivity index (χ0v) is 7.83. The average molecular weight is 189 g/mol. The van der Waals surface area contributed by atoms with Crippen LogP contribution in [0.2, 0.25) is 0 Å². The van der Waals surface area contributed by atoms with E-state index >= 15 is 0 Å². The van der Waals surface area contributed by atoms with Gasteiger partial charge in [0.2, 0.25) is 0 Å². The molecule has 2 heteroatoms. The van der Waals surface area contributed by atoms with E-state index in [1.54, 1.807) is 0 Å². The first-order chi connectivity index (χ1) is 4.79. The third-order valence-electron chi connectivity index (χ3n) is 1.83. The molecule has 0 aromatic rings. The predicted molar refractivity (Wildman–Crippen MR) is 41.3 cm³/mol. The first-order valence-electron chi connectivity index (χ1n) is 3.43. The van der Waals surface area contributed by atoms with Crippen LogP contribution in [0.4, 0.5) is 0 Å². The molecule has 59 valence electrons. The third kappa shape index (κ3) is 1.94. The van der Waals surface area contributed by atoms with E-state index in [1.807, 2.05) is 25.0 Å². The quantitative estimate of drug-likeness (QED) is 0.455. The molecule has 0 saturated carbocycles. The molecule has 1 radical (unpaired) electrons. The molecule has 0 unspecified atom stereocenters. The first-order valence-corrected chi connectivity index (χ1v) is 3.43. The Kier molecular flexibility index (Phi) is 4.13. The molecular formula is C9H10MnO. The Hall–Kier alpha value is -0.551. The van der Waals surface area contributed by atoms with Crippen LogP contribution in [0.3, 0.4) is 0 Å². The van der Waals surface area contributed by atoms with Gasteiger partial charge in [0.05, 0.1) is 5.57 Å². The predicted octanol–water partition coefficient (Wildman–Crippen LogP) is 2.04. The molecule has 0 N–H and O–H groups in total. The van der Waals surface area contributed by atoms with Crippen LogP contribution in [0.25, 0.3) is 0 Å². The van der Waals surface area contributed by atoms with E-state index in [2.05, 4.69) is 6.92 Å². The number of carbonyl (C=O) groups excluding carboxylic acids is 1. The summed E-state index contributed by atoms with van der Waals surface area (Å²) in [4.78, 5) is 10.2. The topological polar surface area (TPSA) is 17.1 Å². The standard InChI is InChI=1S/C9H10O.Mn/c1-3-8-4-5-9(6-10)7(8)2;/h4-5H,3H2,1-2H3;. The Morgan fingerprint density at radius 1 is 1.45 bits per heavy atom. The normalized spacial score (nSPS) is 14.9. The van der Waals surface area contributed by atoms with Crippen molar-refractivity contribution in [2.75, 3.05) is 0 Å². The second-order valence-electron chi connectivity index (χ2n) is 2.35. The van der Waals surface area contributed by atoms with Crippen LogP contribution in [0.15, 0.2) is 28.9 Å². The van der Waals surface area contributed by atoms with Gasteiger partial charge in [0.15, 0.2) is 0 Å². The van der Waals surface area contributed by atoms with Gasteiger partial charge in [0.1, 0.15) is 5.94 Å². The molecule has 0 heterocycles. The molecule has 0 fully saturated rings. The molecule has 0 bridgehead atoms. The monoisotopic (exact) mass is 189 g/mol. The molecule has 1 aliphatic rings. The fraction of sp³-hybridized carbons (Fsp3) is 0.333. The Morgan fingerprint density at radius 2 is 2.09 bits per heavy atom. The van der Waals surface area contributed by atoms with Crippen molar-refractivity contribution >= 4 is 5.94 Å². The van der Waals surface area contributed by atoms with Gasteiger partial charge in [0, 0.05) is 17.1 Å². The van der Waals surface area contributed by atoms with E-state index in [-0.39, 0.29) is 17.1 Å². The zero-order chi connectivity index (χ0) is 7.56. The van der Waals surface area contributed by atoms with Crippen LogP contribution < -0.4 is 0 Å². The van der Waals surface area contributed by atoms with Crippen molar-refractivity contribution in [2.24, 2.45) is 0 Å². The molecule has 11 heavy (non-hydrogen) atoms. The molecule has 0 aromatic heterocycles. The summed E-state index contributed by atoms with van der Waals surface area (Å²) in [5, 5.41) is 0. The Balaban J connectivity index is 0.000001000. The van der Waals surface area contributed by atoms with E-state index in [4.69, 9.17) is 0 Å². The molecule has 0 amide bonds. The molecule has 0 aliphatic heterocycles. The smallest absolute Gasteiger partial charge is 0.132 e. The fourth-order valence-electron chi connectivity index (χ4n) is 1.10. The second kappa shape index (κ2) is 4.35. The summed E-state index contributed by atoms with van der Waals surface area (Å²) in [6.07, 6.45) is 4.80. The molecule has 0 atom stereocenters. The van der Waals surface area contributed by atoms with Crippen LogP contribution in [-0.4, -0.2) is 5.94 Å². The van der Waals surface area contributed by atoms with E-state index < -0.39 is 0 Å². The molecule has 0 saturated heterocycles. The minimum atomic E-state index is 0. The second-order valence-corrected chi connectivity index (χ2v) is 2.35. The van der Waals surface area contributed by atoms with Crippen molar-refractivity contribution in [3.05, 3.63) is 28.9 Å². The number of hydrogen-bond donors (Lipinski definition) is 0. The zero-order valence-electron chi connectivity index (χ0n) is 6.65. The van der Waals surface area contributed by atoms with Crippen molar-refractivity contribution in [3.8, 4) is 0 Å². The minimum Gasteiger partial charge on any atom is -0.233 e. The molecular weight excluding hydrogens is 179 g/mol. The Morgan fingerprint density at radius 3 is 2.36 bits per heavy atom. The summed E-state index contributed by atoms with van der Waals surface area (Å²) in [5.74, 6) is 1.90. The van der Waals surface area contributed by atoms with Gasteiger partial charge >= 0.3 is 0 Å². The average Bonchev–Trinajstić information content (AvgIpc) is 2.30. The van der Waals surface area contributed by atoms with Gasteiger partial charge in [-0.2, -0.15) is 0 Å². The summed E-state index contributed by atoms with van der Waals surface area (Å²) in [5.41, 5.74) is 3.03. The summed E-state index contributed by atoms with van der Waals surface area (Å²) in [6.45, 7) is 4.04. The van der Waals surface area contributed by atoms with Gasteiger partial charge in [-0.05, 0) is 30.6 Å². The molecule has 0 aromatic carbocycles. The maximum atomic E-state index is 10.2. The largest absolute Gasteiger partial charge is 0.233 e. The Labute approximate surface area is 77.3 Å². The maximum Gasteiger partial charge on any atom is 0.132 e. The minimum absolute atomic E-state index is 0. The van der Waals surface area contributed by atoms with Gasteiger partial charge in [-0.1, -0.05) is 13.0 Å². The summed E-state index contributed by atoms with van der Waals surface area (Å²) < 4.78 is 0. The van der Waals surface area contributed by atoms with Gasteiger partial charge < -0.3 is 0 Å².